The summed E-state index contributed by atoms with van der Waals surface area (Å²) in [5, 5.41) is 5.31. The molecule has 0 amide bonds. The van der Waals surface area contributed by atoms with Crippen molar-refractivity contribution in [1.29, 1.82) is 0 Å². The van der Waals surface area contributed by atoms with Gasteiger partial charge >= 0.3 is 0 Å². The minimum atomic E-state index is -3.63. The van der Waals surface area contributed by atoms with Crippen molar-refractivity contribution in [3.05, 3.63) is 85.0 Å². The summed E-state index contributed by atoms with van der Waals surface area (Å²) in [7, 11) is -3.63. The number of morpholine rings is 1. The summed E-state index contributed by atoms with van der Waals surface area (Å²) >= 11 is 18.3. The lowest BCUT2D eigenvalue weighted by atomic mass is 10.2. The molecule has 1 aromatic heterocycles. The number of halogens is 4. The first kappa shape index (κ1) is 29.1. The first-order valence-corrected chi connectivity index (χ1v) is 15.4. The molecule has 2 aliphatic heterocycles. The summed E-state index contributed by atoms with van der Waals surface area (Å²) in [5.74, 6) is -0.738. The lowest BCUT2D eigenvalue weighted by molar-refractivity contribution is 0.122. The van der Waals surface area contributed by atoms with Gasteiger partial charge in [0.2, 0.25) is 10.0 Å². The molecule has 14 heteroatoms. The number of benzene rings is 2. The summed E-state index contributed by atoms with van der Waals surface area (Å²) in [4.78, 5) is 17.6. The van der Waals surface area contributed by atoms with Crippen LogP contribution in [-0.2, 0) is 27.1 Å². The van der Waals surface area contributed by atoms with Crippen LogP contribution in [0.1, 0.15) is 11.1 Å². The maximum Gasteiger partial charge on any atom is 0.292 e. The average molecular weight is 631 g/mol. The molecule has 3 aromatic rings. The second-order valence-electron chi connectivity index (χ2n) is 9.56. The smallest absolute Gasteiger partial charge is 0.292 e. The van der Waals surface area contributed by atoms with Gasteiger partial charge in [0, 0.05) is 59.9 Å². The Morgan fingerprint density at radius 2 is 1.60 bits per heavy atom. The Balaban J connectivity index is 1.38. The molecule has 2 aromatic carbocycles. The Labute approximate surface area is 246 Å². The predicted octanol–water partition coefficient (Wildman–Crippen LogP) is 3.88. The molecule has 0 saturated carbocycles. The summed E-state index contributed by atoms with van der Waals surface area (Å²) < 4.78 is 48.9. The Kier molecular flexibility index (Phi) is 8.89. The van der Waals surface area contributed by atoms with Gasteiger partial charge in [-0.1, -0.05) is 40.9 Å². The van der Waals surface area contributed by atoms with E-state index >= 15 is 0 Å². The summed E-state index contributed by atoms with van der Waals surface area (Å²) in [5.41, 5.74) is 1.33. The molecular formula is C26H27Cl3FN5O4S. The van der Waals surface area contributed by atoms with E-state index in [1.54, 1.807) is 30.5 Å². The number of anilines is 2. The molecule has 214 valence electrons. The minimum absolute atomic E-state index is 0.124. The third-order valence-corrected chi connectivity index (χ3v) is 9.58. The van der Waals surface area contributed by atoms with Crippen LogP contribution in [0.4, 0.5) is 15.8 Å². The van der Waals surface area contributed by atoms with Crippen LogP contribution < -0.4 is 15.4 Å². The van der Waals surface area contributed by atoms with E-state index in [1.807, 2.05) is 9.80 Å². The molecule has 0 unspecified atom stereocenters. The fraction of sp³-hybridized carbons (Fsp3) is 0.385. The molecule has 0 aliphatic carbocycles. The van der Waals surface area contributed by atoms with Crippen LogP contribution in [0.3, 0.4) is 0 Å². The first-order chi connectivity index (χ1) is 19.1. The van der Waals surface area contributed by atoms with E-state index in [4.69, 9.17) is 39.5 Å². The first-order valence-electron chi connectivity index (χ1n) is 12.7. The maximum absolute atomic E-state index is 14.5. The van der Waals surface area contributed by atoms with Crippen molar-refractivity contribution in [3.8, 4) is 0 Å². The average Bonchev–Trinajstić information content (AvgIpc) is 2.91. The minimum Gasteiger partial charge on any atom is -0.378 e. The fourth-order valence-corrected chi connectivity index (χ4v) is 7.22. The fourth-order valence-electron chi connectivity index (χ4n) is 4.93. The van der Waals surface area contributed by atoms with Gasteiger partial charge in [0.1, 0.15) is 11.5 Å². The number of hydrogen-bond donors (Lipinski definition) is 0. The van der Waals surface area contributed by atoms with Gasteiger partial charge in [-0.25, -0.2) is 17.5 Å². The molecule has 2 saturated heterocycles. The zero-order valence-electron chi connectivity index (χ0n) is 21.4. The van der Waals surface area contributed by atoms with E-state index < -0.39 is 15.8 Å². The summed E-state index contributed by atoms with van der Waals surface area (Å²) in [6, 6.07) is 9.09. The maximum atomic E-state index is 14.5. The van der Waals surface area contributed by atoms with Gasteiger partial charge in [-0.2, -0.15) is 9.40 Å². The summed E-state index contributed by atoms with van der Waals surface area (Å²) in [6.07, 6.45) is 1.58. The van der Waals surface area contributed by atoms with Gasteiger partial charge in [-0.05, 0) is 35.9 Å². The molecule has 0 N–H and O–H groups in total. The molecular weight excluding hydrogens is 604 g/mol. The third-order valence-electron chi connectivity index (χ3n) is 6.94. The number of sulfonamides is 1. The molecule has 2 fully saturated rings. The van der Waals surface area contributed by atoms with Crippen LogP contribution in [0.25, 0.3) is 0 Å². The number of ether oxygens (including phenoxy) is 1. The number of hydrogen-bond acceptors (Lipinski definition) is 7. The largest absolute Gasteiger partial charge is 0.378 e. The predicted molar refractivity (Wildman–Crippen MR) is 155 cm³/mol. The Bertz CT molecular complexity index is 1520. The van der Waals surface area contributed by atoms with E-state index in [9.17, 15) is 17.6 Å². The standard InChI is InChI=1S/C26H27Cl3FN5O4S/c27-19-12-18(13-20(28)14-19)17-40(37,38)34-6-4-32(5-7-34)24-15-31-35(16-21-22(29)2-1-3-23(21)30)26(36)25(24)33-8-10-39-11-9-33/h1-3,12-15H,4-11,16-17H2. The molecule has 0 atom stereocenters. The second kappa shape index (κ2) is 12.2. The third kappa shape index (κ3) is 6.40. The molecule has 0 spiro atoms. The van der Waals surface area contributed by atoms with Crippen LogP contribution in [0, 0.1) is 5.82 Å². The Hall–Kier alpha value is -2.41. The molecule has 40 heavy (non-hydrogen) atoms. The van der Waals surface area contributed by atoms with Gasteiger partial charge in [0.05, 0.1) is 37.4 Å². The van der Waals surface area contributed by atoms with Crippen molar-refractivity contribution < 1.29 is 17.5 Å². The van der Waals surface area contributed by atoms with Crippen molar-refractivity contribution in [3.63, 3.8) is 0 Å². The van der Waals surface area contributed by atoms with Gasteiger partial charge in [0.25, 0.3) is 5.56 Å². The van der Waals surface area contributed by atoms with Crippen molar-refractivity contribution >= 4 is 56.2 Å². The molecule has 9 nitrogen and oxygen atoms in total. The quantitative estimate of drug-likeness (QED) is 0.392. The van der Waals surface area contributed by atoms with E-state index in [1.165, 1.54) is 21.1 Å². The number of nitrogens with zero attached hydrogens (tertiary/aromatic N) is 5. The zero-order chi connectivity index (χ0) is 28.4. The molecule has 0 bridgehead atoms. The highest BCUT2D eigenvalue weighted by atomic mass is 35.5. The van der Waals surface area contributed by atoms with E-state index in [0.29, 0.717) is 66.4 Å². The molecule has 0 radical (unpaired) electrons. The zero-order valence-corrected chi connectivity index (χ0v) is 24.5. The van der Waals surface area contributed by atoms with Crippen molar-refractivity contribution in [2.75, 3.05) is 62.3 Å². The molecule has 2 aliphatic rings. The number of aromatic nitrogens is 2. The highest BCUT2D eigenvalue weighted by Crippen LogP contribution is 2.29. The van der Waals surface area contributed by atoms with Crippen LogP contribution >= 0.6 is 34.8 Å². The highest BCUT2D eigenvalue weighted by molar-refractivity contribution is 7.88. The van der Waals surface area contributed by atoms with E-state index in [2.05, 4.69) is 5.10 Å². The van der Waals surface area contributed by atoms with Crippen LogP contribution in [0.2, 0.25) is 15.1 Å². The van der Waals surface area contributed by atoms with Crippen LogP contribution in [0.5, 0.6) is 0 Å². The highest BCUT2D eigenvalue weighted by Gasteiger charge is 2.31. The lowest BCUT2D eigenvalue weighted by Crippen LogP contribution is -2.50. The molecule has 5 rings (SSSR count). The molecule has 3 heterocycles. The number of rotatable bonds is 7. The SMILES string of the molecule is O=c1c(N2CCOCC2)c(N2CCN(S(=O)(=O)Cc3cc(Cl)cc(Cl)c3)CC2)cnn1Cc1c(F)cccc1Cl. The normalized spacial score (nSPS) is 16.9. The van der Waals surface area contributed by atoms with Crippen LogP contribution in [0.15, 0.2) is 47.4 Å². The number of piperazine rings is 1. The Morgan fingerprint density at radius 3 is 2.25 bits per heavy atom. The second-order valence-corrected chi connectivity index (χ2v) is 12.8. The van der Waals surface area contributed by atoms with Gasteiger partial charge in [0.15, 0.2) is 0 Å². The van der Waals surface area contributed by atoms with Crippen molar-refractivity contribution in [2.24, 2.45) is 0 Å². The topological polar surface area (TPSA) is 88.0 Å². The Morgan fingerprint density at radius 1 is 0.925 bits per heavy atom. The van der Waals surface area contributed by atoms with E-state index in [-0.39, 0.29) is 41.5 Å². The van der Waals surface area contributed by atoms with Crippen LogP contribution in [-0.4, -0.2) is 75.0 Å². The monoisotopic (exact) mass is 629 g/mol. The van der Waals surface area contributed by atoms with Gasteiger partial charge in [-0.3, -0.25) is 4.79 Å². The van der Waals surface area contributed by atoms with E-state index in [0.717, 1.165) is 0 Å². The van der Waals surface area contributed by atoms with Crippen molar-refractivity contribution in [1.82, 2.24) is 14.1 Å². The lowest BCUT2D eigenvalue weighted by Gasteiger charge is -2.38. The van der Waals surface area contributed by atoms with Gasteiger partial charge < -0.3 is 14.5 Å². The van der Waals surface area contributed by atoms with Crippen molar-refractivity contribution in [2.45, 2.75) is 12.3 Å². The summed E-state index contributed by atoms with van der Waals surface area (Å²) in [6.45, 7) is 2.97. The van der Waals surface area contributed by atoms with Gasteiger partial charge in [-0.15, -0.1) is 0 Å².